The van der Waals surface area contributed by atoms with Crippen LogP contribution in [0.25, 0.3) is 0 Å². The van der Waals surface area contributed by atoms with Crippen LogP contribution in [0.3, 0.4) is 0 Å². The van der Waals surface area contributed by atoms with E-state index < -0.39 is 75.7 Å². The Labute approximate surface area is 249 Å². The number of carbonyl (C=O) groups excluding carboxylic acids is 2. The molecule has 0 bridgehead atoms. The van der Waals surface area contributed by atoms with Crippen molar-refractivity contribution in [3.05, 3.63) is 0 Å². The van der Waals surface area contributed by atoms with Crippen molar-refractivity contribution in [2.45, 2.75) is 153 Å². The van der Waals surface area contributed by atoms with Gasteiger partial charge in [0.2, 0.25) is 0 Å². The second kappa shape index (κ2) is 21.5. The molecule has 6 unspecified atom stereocenters. The number of aliphatic hydroxyl groups is 5. The smallest absolute Gasteiger partial charge is 0.462 e. The molecule has 0 saturated heterocycles. The second-order valence-corrected chi connectivity index (χ2v) is 12.4. The highest BCUT2D eigenvalue weighted by atomic mass is 31.2. The first-order valence-corrected chi connectivity index (χ1v) is 16.8. The van der Waals surface area contributed by atoms with Crippen LogP contribution >= 0.6 is 7.82 Å². The Morgan fingerprint density at radius 3 is 1.62 bits per heavy atom. The minimum absolute atomic E-state index is 0.0999. The predicted octanol–water partition coefficient (Wildman–Crippen LogP) is 2.65. The second-order valence-electron chi connectivity index (χ2n) is 11.0. The number of unbranched alkanes of at least 4 members (excludes halogenated alkanes) is 11. The van der Waals surface area contributed by atoms with E-state index in [0.29, 0.717) is 12.8 Å². The summed E-state index contributed by atoms with van der Waals surface area (Å²) in [7, 11) is -5.07. The molecule has 248 valence electrons. The van der Waals surface area contributed by atoms with E-state index in [0.717, 1.165) is 25.7 Å². The summed E-state index contributed by atoms with van der Waals surface area (Å²) < 4.78 is 32.5. The third-order valence-electron chi connectivity index (χ3n) is 7.17. The number of ether oxygens (including phenoxy) is 2. The number of phosphoric acid groups is 1. The molecule has 1 aliphatic rings. The van der Waals surface area contributed by atoms with E-state index in [1.165, 1.54) is 44.9 Å². The zero-order valence-electron chi connectivity index (χ0n) is 25.1. The lowest BCUT2D eigenvalue weighted by Gasteiger charge is -2.41. The van der Waals surface area contributed by atoms with Gasteiger partial charge in [0, 0.05) is 12.8 Å². The van der Waals surface area contributed by atoms with Crippen molar-refractivity contribution in [2.24, 2.45) is 0 Å². The number of esters is 2. The van der Waals surface area contributed by atoms with Crippen molar-refractivity contribution in [3.63, 3.8) is 0 Å². The van der Waals surface area contributed by atoms with Crippen LogP contribution in [0.5, 0.6) is 0 Å². The summed E-state index contributed by atoms with van der Waals surface area (Å²) in [5, 5.41) is 49.3. The summed E-state index contributed by atoms with van der Waals surface area (Å²) >= 11 is 0. The van der Waals surface area contributed by atoms with E-state index >= 15 is 0 Å². The lowest BCUT2D eigenvalue weighted by Crippen LogP contribution is -2.64. The summed E-state index contributed by atoms with van der Waals surface area (Å²) in [6.07, 6.45) is 1.20. The largest absolute Gasteiger partial charge is 0.472 e. The highest BCUT2D eigenvalue weighted by Crippen LogP contribution is 2.47. The molecule has 0 aromatic rings. The van der Waals surface area contributed by atoms with Gasteiger partial charge in [-0.3, -0.25) is 18.6 Å². The number of hydrogen-bond acceptors (Lipinski definition) is 12. The minimum atomic E-state index is -5.07. The molecule has 0 aromatic heterocycles. The van der Waals surface area contributed by atoms with Gasteiger partial charge in [-0.25, -0.2) is 4.57 Å². The Bertz CT molecular complexity index is 782. The number of hydrogen-bond donors (Lipinski definition) is 6. The molecule has 1 fully saturated rings. The van der Waals surface area contributed by atoms with Gasteiger partial charge in [0.25, 0.3) is 0 Å². The molecule has 0 spiro atoms. The van der Waals surface area contributed by atoms with Gasteiger partial charge in [0.15, 0.2) is 6.10 Å². The standard InChI is InChI=1S/C28H53O13P/c1-3-5-6-7-8-9-10-11-12-13-14-15-17-22(30)40-20(18-38-21(29)16-4-2)19-39-42(36,37)41-28-26(34)24(32)23(31)25(33)27(28)35/h20,23-28,31-35H,3-19H2,1-2H3,(H,36,37). The maximum atomic E-state index is 12.5. The van der Waals surface area contributed by atoms with Crippen molar-refractivity contribution in [3.8, 4) is 0 Å². The van der Waals surface area contributed by atoms with Gasteiger partial charge in [-0.2, -0.15) is 0 Å². The highest BCUT2D eigenvalue weighted by Gasteiger charge is 2.51. The van der Waals surface area contributed by atoms with Crippen LogP contribution in [0.2, 0.25) is 0 Å². The Morgan fingerprint density at radius 1 is 0.643 bits per heavy atom. The Hall–Kier alpha value is -1.15. The molecule has 0 radical (unpaired) electrons. The van der Waals surface area contributed by atoms with E-state index in [-0.39, 0.29) is 12.8 Å². The Morgan fingerprint density at radius 2 is 1.12 bits per heavy atom. The van der Waals surface area contributed by atoms with E-state index in [2.05, 4.69) is 6.92 Å². The first-order chi connectivity index (χ1) is 19.9. The molecule has 0 aliphatic heterocycles. The zero-order chi connectivity index (χ0) is 31.5. The fourth-order valence-electron chi connectivity index (χ4n) is 4.62. The average molecular weight is 629 g/mol. The molecule has 6 N–H and O–H groups in total. The molecule has 14 heteroatoms. The summed E-state index contributed by atoms with van der Waals surface area (Å²) in [6, 6.07) is 0. The molecule has 1 rings (SSSR count). The molecule has 13 nitrogen and oxygen atoms in total. The summed E-state index contributed by atoms with van der Waals surface area (Å²) in [5.74, 6) is -1.16. The quantitative estimate of drug-likeness (QED) is 0.0547. The van der Waals surface area contributed by atoms with Crippen molar-refractivity contribution < 1.29 is 63.1 Å². The maximum absolute atomic E-state index is 12.5. The Kier molecular flexibility index (Phi) is 19.9. The van der Waals surface area contributed by atoms with Crippen LogP contribution in [0.1, 0.15) is 110 Å². The van der Waals surface area contributed by atoms with Crippen LogP contribution < -0.4 is 0 Å². The average Bonchev–Trinajstić information content (AvgIpc) is 2.95. The molecule has 42 heavy (non-hydrogen) atoms. The van der Waals surface area contributed by atoms with Gasteiger partial charge < -0.3 is 39.9 Å². The zero-order valence-corrected chi connectivity index (χ0v) is 25.9. The molecular weight excluding hydrogens is 575 g/mol. The molecular formula is C28H53O13P. The van der Waals surface area contributed by atoms with Gasteiger partial charge in [-0.15, -0.1) is 0 Å². The normalized spacial score (nSPS) is 26.4. The SMILES string of the molecule is CCCCCCCCCCCCCCC(=O)OC(COC(=O)CCC)COP(=O)(O)OC1C(O)C(O)C(O)C(O)C1O. The van der Waals surface area contributed by atoms with Crippen molar-refractivity contribution in [1.29, 1.82) is 0 Å². The van der Waals surface area contributed by atoms with Gasteiger partial charge in [-0.1, -0.05) is 84.5 Å². The van der Waals surface area contributed by atoms with Gasteiger partial charge in [-0.05, 0) is 12.8 Å². The molecule has 0 heterocycles. The summed E-state index contributed by atoms with van der Waals surface area (Å²) in [4.78, 5) is 34.3. The first kappa shape index (κ1) is 38.9. The monoisotopic (exact) mass is 628 g/mol. The predicted molar refractivity (Wildman–Crippen MR) is 152 cm³/mol. The third-order valence-corrected chi connectivity index (χ3v) is 8.15. The van der Waals surface area contributed by atoms with Crippen LogP contribution in [0.4, 0.5) is 0 Å². The summed E-state index contributed by atoms with van der Waals surface area (Å²) in [6.45, 7) is 2.81. The minimum Gasteiger partial charge on any atom is -0.462 e. The lowest BCUT2D eigenvalue weighted by atomic mass is 9.85. The van der Waals surface area contributed by atoms with Gasteiger partial charge >= 0.3 is 19.8 Å². The number of rotatable bonds is 23. The molecule has 1 saturated carbocycles. The topological polar surface area (TPSA) is 210 Å². The molecule has 0 amide bonds. The van der Waals surface area contributed by atoms with Crippen molar-refractivity contribution in [1.82, 2.24) is 0 Å². The fourth-order valence-corrected chi connectivity index (χ4v) is 5.59. The van der Waals surface area contributed by atoms with Crippen molar-refractivity contribution >= 4 is 19.8 Å². The Balaban J connectivity index is 2.49. The number of carbonyl (C=O) groups is 2. The van der Waals surface area contributed by atoms with Crippen molar-refractivity contribution in [2.75, 3.05) is 13.2 Å². The summed E-state index contributed by atoms with van der Waals surface area (Å²) in [5.41, 5.74) is 0. The van der Waals surface area contributed by atoms with E-state index in [1.54, 1.807) is 6.92 Å². The lowest BCUT2D eigenvalue weighted by molar-refractivity contribution is -0.220. The van der Waals surface area contributed by atoms with E-state index in [4.69, 9.17) is 18.5 Å². The van der Waals surface area contributed by atoms with E-state index in [1.807, 2.05) is 0 Å². The van der Waals surface area contributed by atoms with Crippen LogP contribution in [-0.4, -0.2) is 98.3 Å². The third kappa shape index (κ3) is 15.5. The van der Waals surface area contributed by atoms with Crippen LogP contribution in [0.15, 0.2) is 0 Å². The maximum Gasteiger partial charge on any atom is 0.472 e. The van der Waals surface area contributed by atoms with Crippen LogP contribution in [-0.2, 0) is 32.7 Å². The molecule has 6 atom stereocenters. The number of phosphoric ester groups is 1. The van der Waals surface area contributed by atoms with E-state index in [9.17, 15) is 44.6 Å². The fraction of sp³-hybridized carbons (Fsp3) is 0.929. The van der Waals surface area contributed by atoms with Gasteiger partial charge in [0.1, 0.15) is 43.2 Å². The number of aliphatic hydroxyl groups excluding tert-OH is 5. The first-order valence-electron chi connectivity index (χ1n) is 15.3. The van der Waals surface area contributed by atoms with Gasteiger partial charge in [0.05, 0.1) is 6.61 Å². The molecule has 0 aromatic carbocycles. The van der Waals surface area contributed by atoms with Crippen LogP contribution in [0, 0.1) is 0 Å². The highest BCUT2D eigenvalue weighted by molar-refractivity contribution is 7.47. The molecule has 1 aliphatic carbocycles.